The SMILES string of the molecule is Nc1ccc(C(=O)Nc2ccc(-n3cncn3)nc2)nc1. The van der Waals surface area contributed by atoms with Crippen LogP contribution in [0, 0.1) is 0 Å². The number of nitrogens with one attached hydrogen (secondary N) is 1. The Morgan fingerprint density at radius 2 is 2.05 bits per heavy atom. The molecule has 3 aromatic rings. The third-order valence-corrected chi connectivity index (χ3v) is 2.68. The Bertz CT molecular complexity index is 735. The van der Waals surface area contributed by atoms with Gasteiger partial charge in [-0.15, -0.1) is 0 Å². The molecule has 0 saturated carbocycles. The summed E-state index contributed by atoms with van der Waals surface area (Å²) >= 11 is 0. The van der Waals surface area contributed by atoms with Crippen molar-refractivity contribution in [3.05, 3.63) is 55.0 Å². The van der Waals surface area contributed by atoms with Crippen molar-refractivity contribution < 1.29 is 4.79 Å². The van der Waals surface area contributed by atoms with E-state index < -0.39 is 0 Å². The van der Waals surface area contributed by atoms with Gasteiger partial charge in [-0.05, 0) is 24.3 Å². The van der Waals surface area contributed by atoms with E-state index in [-0.39, 0.29) is 11.6 Å². The first-order chi connectivity index (χ1) is 10.2. The van der Waals surface area contributed by atoms with Crippen molar-refractivity contribution in [2.75, 3.05) is 11.1 Å². The van der Waals surface area contributed by atoms with Gasteiger partial charge in [0.25, 0.3) is 5.91 Å². The van der Waals surface area contributed by atoms with Crippen LogP contribution < -0.4 is 11.1 Å². The largest absolute Gasteiger partial charge is 0.397 e. The van der Waals surface area contributed by atoms with Crippen molar-refractivity contribution in [1.82, 2.24) is 24.7 Å². The van der Waals surface area contributed by atoms with Gasteiger partial charge in [0, 0.05) is 0 Å². The summed E-state index contributed by atoms with van der Waals surface area (Å²) in [7, 11) is 0. The predicted molar refractivity (Wildman–Crippen MR) is 75.8 cm³/mol. The molecule has 3 heterocycles. The van der Waals surface area contributed by atoms with E-state index in [2.05, 4.69) is 25.4 Å². The van der Waals surface area contributed by atoms with E-state index in [1.807, 2.05) is 0 Å². The molecule has 3 N–H and O–H groups in total. The van der Waals surface area contributed by atoms with Gasteiger partial charge in [0.05, 0.1) is 23.8 Å². The van der Waals surface area contributed by atoms with Crippen LogP contribution in [0.1, 0.15) is 10.5 Å². The second-order valence-electron chi connectivity index (χ2n) is 4.18. The van der Waals surface area contributed by atoms with Crippen molar-refractivity contribution in [3.63, 3.8) is 0 Å². The number of hydrogen-bond acceptors (Lipinski definition) is 6. The maximum absolute atomic E-state index is 12.0. The van der Waals surface area contributed by atoms with Gasteiger partial charge in [0.15, 0.2) is 5.82 Å². The average molecular weight is 281 g/mol. The third kappa shape index (κ3) is 2.84. The van der Waals surface area contributed by atoms with E-state index in [0.29, 0.717) is 17.2 Å². The Balaban J connectivity index is 1.73. The van der Waals surface area contributed by atoms with E-state index in [9.17, 15) is 4.79 Å². The number of anilines is 2. The van der Waals surface area contributed by atoms with Crippen molar-refractivity contribution in [1.29, 1.82) is 0 Å². The second kappa shape index (κ2) is 5.37. The van der Waals surface area contributed by atoms with Crippen molar-refractivity contribution in [2.45, 2.75) is 0 Å². The molecule has 0 saturated heterocycles. The first-order valence-electron chi connectivity index (χ1n) is 6.06. The maximum atomic E-state index is 12.0. The first-order valence-corrected chi connectivity index (χ1v) is 6.06. The smallest absolute Gasteiger partial charge is 0.274 e. The Labute approximate surface area is 119 Å². The lowest BCUT2D eigenvalue weighted by Crippen LogP contribution is -2.14. The number of hydrogen-bond donors (Lipinski definition) is 2. The fraction of sp³-hybridized carbons (Fsp3) is 0. The number of nitrogens with two attached hydrogens (primary N) is 1. The lowest BCUT2D eigenvalue weighted by molar-refractivity contribution is 0.102. The van der Waals surface area contributed by atoms with Crippen LogP contribution in [0.2, 0.25) is 0 Å². The van der Waals surface area contributed by atoms with Crippen molar-refractivity contribution in [3.8, 4) is 5.82 Å². The molecule has 0 fully saturated rings. The maximum Gasteiger partial charge on any atom is 0.274 e. The Hall–Kier alpha value is -3.29. The van der Waals surface area contributed by atoms with Gasteiger partial charge in [-0.2, -0.15) is 5.10 Å². The highest BCUT2D eigenvalue weighted by atomic mass is 16.1. The molecule has 0 spiro atoms. The van der Waals surface area contributed by atoms with Crippen LogP contribution in [0.25, 0.3) is 5.82 Å². The molecular formula is C13H11N7O. The van der Waals surface area contributed by atoms with E-state index in [0.717, 1.165) is 0 Å². The average Bonchev–Trinajstić information content (AvgIpc) is 3.03. The molecule has 8 nitrogen and oxygen atoms in total. The van der Waals surface area contributed by atoms with Gasteiger partial charge >= 0.3 is 0 Å². The van der Waals surface area contributed by atoms with Crippen LogP contribution in [0.5, 0.6) is 0 Å². The molecule has 104 valence electrons. The first kappa shape index (κ1) is 12.7. The highest BCUT2D eigenvalue weighted by Crippen LogP contribution is 2.10. The Kier molecular flexibility index (Phi) is 3.26. The number of pyridine rings is 2. The van der Waals surface area contributed by atoms with Crippen LogP contribution in [-0.2, 0) is 0 Å². The van der Waals surface area contributed by atoms with Crippen LogP contribution in [0.4, 0.5) is 11.4 Å². The zero-order valence-electron chi connectivity index (χ0n) is 10.8. The summed E-state index contributed by atoms with van der Waals surface area (Å²) in [5.41, 5.74) is 6.87. The van der Waals surface area contributed by atoms with E-state index in [4.69, 9.17) is 5.73 Å². The summed E-state index contributed by atoms with van der Waals surface area (Å²) in [6.07, 6.45) is 5.93. The minimum absolute atomic E-state index is 0.282. The quantitative estimate of drug-likeness (QED) is 0.737. The van der Waals surface area contributed by atoms with E-state index in [1.165, 1.54) is 23.4 Å². The monoisotopic (exact) mass is 281 g/mol. The number of nitrogen functional groups attached to an aromatic ring is 1. The summed E-state index contributed by atoms with van der Waals surface area (Å²) in [4.78, 5) is 23.9. The second-order valence-corrected chi connectivity index (χ2v) is 4.18. The molecular weight excluding hydrogens is 270 g/mol. The van der Waals surface area contributed by atoms with E-state index >= 15 is 0 Å². The summed E-state index contributed by atoms with van der Waals surface area (Å²) in [5, 5.41) is 6.67. The summed E-state index contributed by atoms with van der Waals surface area (Å²) in [6, 6.07) is 6.62. The zero-order chi connectivity index (χ0) is 14.7. The molecule has 0 unspecified atom stereocenters. The summed E-state index contributed by atoms with van der Waals surface area (Å²) < 4.78 is 1.52. The molecule has 0 aliphatic rings. The molecule has 0 aliphatic heterocycles. The van der Waals surface area contributed by atoms with Crippen molar-refractivity contribution >= 4 is 17.3 Å². The number of carbonyl (C=O) groups excluding carboxylic acids is 1. The van der Waals surface area contributed by atoms with E-state index in [1.54, 1.807) is 30.6 Å². The molecule has 8 heteroatoms. The van der Waals surface area contributed by atoms with Gasteiger partial charge in [-0.3, -0.25) is 4.79 Å². The molecule has 3 aromatic heterocycles. The highest BCUT2D eigenvalue weighted by molar-refractivity contribution is 6.02. The molecule has 0 aromatic carbocycles. The minimum Gasteiger partial charge on any atom is -0.397 e. The topological polar surface area (TPSA) is 112 Å². The van der Waals surface area contributed by atoms with Crippen molar-refractivity contribution in [2.24, 2.45) is 0 Å². The molecule has 0 radical (unpaired) electrons. The fourth-order valence-electron chi connectivity index (χ4n) is 1.66. The molecule has 0 atom stereocenters. The normalized spacial score (nSPS) is 10.3. The van der Waals surface area contributed by atoms with Crippen LogP contribution >= 0.6 is 0 Å². The number of aromatic nitrogens is 5. The van der Waals surface area contributed by atoms with Gasteiger partial charge in [-0.1, -0.05) is 0 Å². The highest BCUT2D eigenvalue weighted by Gasteiger charge is 2.08. The number of nitrogens with zero attached hydrogens (tertiary/aromatic N) is 5. The minimum atomic E-state index is -0.328. The molecule has 0 bridgehead atoms. The molecule has 3 rings (SSSR count). The molecule has 0 aliphatic carbocycles. The van der Waals surface area contributed by atoms with Crippen LogP contribution in [-0.4, -0.2) is 30.6 Å². The lowest BCUT2D eigenvalue weighted by atomic mass is 10.3. The zero-order valence-corrected chi connectivity index (χ0v) is 10.8. The molecule has 21 heavy (non-hydrogen) atoms. The summed E-state index contributed by atoms with van der Waals surface area (Å²) in [6.45, 7) is 0. The standard InChI is InChI=1S/C13H11N7O/c14-9-1-3-11(16-5-9)13(21)19-10-2-4-12(17-6-10)20-8-15-7-18-20/h1-8H,14H2,(H,19,21). The lowest BCUT2D eigenvalue weighted by Gasteiger charge is -2.05. The van der Waals surface area contributed by atoms with Gasteiger partial charge in [0.1, 0.15) is 18.3 Å². The number of rotatable bonds is 3. The number of amides is 1. The Morgan fingerprint density at radius 1 is 1.14 bits per heavy atom. The van der Waals surface area contributed by atoms with Crippen LogP contribution in [0.3, 0.4) is 0 Å². The van der Waals surface area contributed by atoms with Gasteiger partial charge < -0.3 is 11.1 Å². The third-order valence-electron chi connectivity index (χ3n) is 2.68. The summed E-state index contributed by atoms with van der Waals surface area (Å²) in [5.74, 6) is 0.279. The number of carbonyl (C=O) groups is 1. The van der Waals surface area contributed by atoms with Crippen LogP contribution in [0.15, 0.2) is 49.3 Å². The fourth-order valence-corrected chi connectivity index (χ4v) is 1.66. The van der Waals surface area contributed by atoms with Gasteiger partial charge in [-0.25, -0.2) is 19.6 Å². The molecule has 1 amide bonds. The van der Waals surface area contributed by atoms with Gasteiger partial charge in [0.2, 0.25) is 0 Å². The Morgan fingerprint density at radius 3 is 2.67 bits per heavy atom. The predicted octanol–water partition coefficient (Wildman–Crippen LogP) is 0.892.